The zero-order valence-electron chi connectivity index (χ0n) is 6.10. The number of hydrazine groups is 1. The van der Waals surface area contributed by atoms with Gasteiger partial charge in [-0.15, -0.1) is 0 Å². The van der Waals surface area contributed by atoms with Crippen LogP contribution in [0.4, 0.5) is 0 Å². The Balaban J connectivity index is 3.70. The summed E-state index contributed by atoms with van der Waals surface area (Å²) in [5, 5.41) is 3.52. The van der Waals surface area contributed by atoms with Crippen molar-refractivity contribution < 1.29 is 0 Å². The summed E-state index contributed by atoms with van der Waals surface area (Å²) >= 11 is 0. The molecule has 0 aliphatic carbocycles. The van der Waals surface area contributed by atoms with Crippen LogP contribution in [0.3, 0.4) is 0 Å². The summed E-state index contributed by atoms with van der Waals surface area (Å²) in [6.45, 7) is 4.02. The van der Waals surface area contributed by atoms with Gasteiger partial charge in [0.1, 0.15) is 5.84 Å². The van der Waals surface area contributed by atoms with Crippen molar-refractivity contribution in [3.05, 3.63) is 0 Å². The summed E-state index contributed by atoms with van der Waals surface area (Å²) in [4.78, 5) is 0. The molecule has 0 radical (unpaired) electrons. The first kappa shape index (κ1) is 8.23. The number of nitrogens with two attached hydrogens (primary N) is 1. The van der Waals surface area contributed by atoms with Crippen LogP contribution >= 0.6 is 0 Å². The van der Waals surface area contributed by atoms with Gasteiger partial charge in [0.25, 0.3) is 0 Å². The fourth-order valence-corrected chi connectivity index (χ4v) is 0.454. The maximum Gasteiger partial charge on any atom is 0.138 e. The molecule has 4 N–H and O–H groups in total. The molecule has 0 rings (SSSR count). The van der Waals surface area contributed by atoms with Crippen LogP contribution in [0.15, 0.2) is 5.10 Å². The van der Waals surface area contributed by atoms with Crippen molar-refractivity contribution in [2.45, 2.75) is 13.8 Å². The molecule has 0 bridgehead atoms. The SMILES string of the molecule is CNNC(=NN)C(C)C. The van der Waals surface area contributed by atoms with Crippen molar-refractivity contribution in [2.24, 2.45) is 16.9 Å². The third-order valence-electron chi connectivity index (χ3n) is 0.939. The van der Waals surface area contributed by atoms with E-state index >= 15 is 0 Å². The average molecular weight is 130 g/mol. The molecular formula is C5H14N4. The van der Waals surface area contributed by atoms with Gasteiger partial charge in [-0.2, -0.15) is 5.10 Å². The second-order valence-electron chi connectivity index (χ2n) is 2.04. The highest BCUT2D eigenvalue weighted by Crippen LogP contribution is 1.90. The first-order valence-electron chi connectivity index (χ1n) is 2.93. The van der Waals surface area contributed by atoms with Crippen LogP contribution < -0.4 is 16.7 Å². The zero-order chi connectivity index (χ0) is 7.28. The molecule has 0 atom stereocenters. The molecule has 0 amide bonds. The predicted molar refractivity (Wildman–Crippen MR) is 38.7 cm³/mol. The summed E-state index contributed by atoms with van der Waals surface area (Å²) in [7, 11) is 1.77. The standard InChI is InChI=1S/C5H14N4/c1-4(2)5(8-6)9-7-3/h4,7H,6H2,1-3H3,(H,8,9). The maximum atomic E-state index is 5.05. The van der Waals surface area contributed by atoms with Crippen molar-refractivity contribution in [1.29, 1.82) is 0 Å². The molecule has 4 heteroatoms. The summed E-state index contributed by atoms with van der Waals surface area (Å²) in [5.41, 5.74) is 5.55. The van der Waals surface area contributed by atoms with Crippen molar-refractivity contribution in [1.82, 2.24) is 10.9 Å². The summed E-state index contributed by atoms with van der Waals surface area (Å²) in [6.07, 6.45) is 0. The fourth-order valence-electron chi connectivity index (χ4n) is 0.454. The van der Waals surface area contributed by atoms with Gasteiger partial charge < -0.3 is 11.3 Å². The van der Waals surface area contributed by atoms with E-state index in [0.717, 1.165) is 5.84 Å². The largest absolute Gasteiger partial charge is 0.322 e. The van der Waals surface area contributed by atoms with E-state index in [9.17, 15) is 0 Å². The van der Waals surface area contributed by atoms with Crippen LogP contribution in [0.2, 0.25) is 0 Å². The van der Waals surface area contributed by atoms with Crippen LogP contribution in [0.1, 0.15) is 13.8 Å². The van der Waals surface area contributed by atoms with Crippen LogP contribution in [0.25, 0.3) is 0 Å². The van der Waals surface area contributed by atoms with Crippen LogP contribution in [0, 0.1) is 5.92 Å². The van der Waals surface area contributed by atoms with Crippen LogP contribution in [-0.2, 0) is 0 Å². The molecule has 9 heavy (non-hydrogen) atoms. The Morgan fingerprint density at radius 1 is 1.56 bits per heavy atom. The number of amidine groups is 1. The number of hydrogen-bond donors (Lipinski definition) is 3. The highest BCUT2D eigenvalue weighted by atomic mass is 15.4. The molecule has 0 saturated carbocycles. The number of hydrazone groups is 1. The van der Waals surface area contributed by atoms with Crippen molar-refractivity contribution >= 4 is 5.84 Å². The topological polar surface area (TPSA) is 62.4 Å². The van der Waals surface area contributed by atoms with Gasteiger partial charge in [-0.05, 0) is 0 Å². The number of rotatable bonds is 2. The van der Waals surface area contributed by atoms with Gasteiger partial charge in [0.2, 0.25) is 0 Å². The van der Waals surface area contributed by atoms with E-state index in [1.54, 1.807) is 7.05 Å². The molecule has 0 spiro atoms. The molecule has 4 nitrogen and oxygen atoms in total. The Morgan fingerprint density at radius 3 is 2.22 bits per heavy atom. The van der Waals surface area contributed by atoms with Gasteiger partial charge >= 0.3 is 0 Å². The second-order valence-corrected chi connectivity index (χ2v) is 2.04. The molecule has 0 aromatic heterocycles. The van der Waals surface area contributed by atoms with E-state index in [4.69, 9.17) is 5.84 Å². The Bertz CT molecular complexity index is 97.1. The third-order valence-corrected chi connectivity index (χ3v) is 0.939. The van der Waals surface area contributed by atoms with Gasteiger partial charge in [-0.3, -0.25) is 0 Å². The highest BCUT2D eigenvalue weighted by molar-refractivity contribution is 5.83. The van der Waals surface area contributed by atoms with Gasteiger partial charge in [0, 0.05) is 13.0 Å². The minimum atomic E-state index is 0.336. The summed E-state index contributed by atoms with van der Waals surface area (Å²) in [6, 6.07) is 0. The summed E-state index contributed by atoms with van der Waals surface area (Å²) < 4.78 is 0. The van der Waals surface area contributed by atoms with Crippen molar-refractivity contribution in [2.75, 3.05) is 7.05 Å². The molecule has 0 fully saturated rings. The minimum absolute atomic E-state index is 0.336. The van der Waals surface area contributed by atoms with E-state index in [2.05, 4.69) is 16.0 Å². The average Bonchev–Trinajstić information content (AvgIpc) is 1.82. The van der Waals surface area contributed by atoms with Crippen molar-refractivity contribution in [3.63, 3.8) is 0 Å². The lowest BCUT2D eigenvalue weighted by atomic mass is 10.2. The van der Waals surface area contributed by atoms with Crippen LogP contribution in [-0.4, -0.2) is 12.9 Å². The molecule has 0 aromatic rings. The Kier molecular flexibility index (Phi) is 3.79. The highest BCUT2D eigenvalue weighted by Gasteiger charge is 2.00. The normalized spacial score (nSPS) is 12.2. The molecule has 0 unspecified atom stereocenters. The lowest BCUT2D eigenvalue weighted by molar-refractivity contribution is 0.705. The lowest BCUT2D eigenvalue weighted by Gasteiger charge is -2.08. The van der Waals surface area contributed by atoms with Crippen molar-refractivity contribution in [3.8, 4) is 0 Å². The van der Waals surface area contributed by atoms with E-state index in [-0.39, 0.29) is 0 Å². The fraction of sp³-hybridized carbons (Fsp3) is 0.800. The Morgan fingerprint density at radius 2 is 2.11 bits per heavy atom. The van der Waals surface area contributed by atoms with E-state index < -0.39 is 0 Å². The van der Waals surface area contributed by atoms with Gasteiger partial charge in [0.15, 0.2) is 0 Å². The quantitative estimate of drug-likeness (QED) is 0.207. The van der Waals surface area contributed by atoms with E-state index in [0.29, 0.717) is 5.92 Å². The minimum Gasteiger partial charge on any atom is -0.322 e. The first-order chi connectivity index (χ1) is 4.22. The van der Waals surface area contributed by atoms with Gasteiger partial charge in [-0.25, -0.2) is 5.43 Å². The second kappa shape index (κ2) is 4.14. The molecule has 0 heterocycles. The molecule has 0 saturated heterocycles. The number of nitrogens with zero attached hydrogens (tertiary/aromatic N) is 1. The first-order valence-corrected chi connectivity index (χ1v) is 2.93. The molecule has 0 aliphatic heterocycles. The smallest absolute Gasteiger partial charge is 0.138 e. The molecular weight excluding hydrogens is 116 g/mol. The Labute approximate surface area is 55.5 Å². The number of hydrogen-bond acceptors (Lipinski definition) is 3. The monoisotopic (exact) mass is 130 g/mol. The molecule has 0 aromatic carbocycles. The van der Waals surface area contributed by atoms with E-state index in [1.807, 2.05) is 13.8 Å². The Hall–Kier alpha value is -0.770. The van der Waals surface area contributed by atoms with E-state index in [1.165, 1.54) is 0 Å². The van der Waals surface area contributed by atoms with Crippen LogP contribution in [0.5, 0.6) is 0 Å². The molecule has 0 aliphatic rings. The maximum absolute atomic E-state index is 5.05. The lowest BCUT2D eigenvalue weighted by Crippen LogP contribution is -2.38. The van der Waals surface area contributed by atoms with Gasteiger partial charge in [0.05, 0.1) is 0 Å². The predicted octanol–water partition coefficient (Wildman–Crippen LogP) is -0.361. The summed E-state index contributed by atoms with van der Waals surface area (Å²) in [5.74, 6) is 6.14. The van der Waals surface area contributed by atoms with Gasteiger partial charge in [-0.1, -0.05) is 13.8 Å². The third kappa shape index (κ3) is 2.92. The molecule has 54 valence electrons. The zero-order valence-corrected chi connectivity index (χ0v) is 6.10. The number of nitrogens with one attached hydrogen (secondary N) is 2.